The lowest BCUT2D eigenvalue weighted by Crippen LogP contribution is -2.42. The monoisotopic (exact) mass is 295 g/mol. The van der Waals surface area contributed by atoms with Crippen LogP contribution in [0.5, 0.6) is 0 Å². The molecule has 1 aliphatic rings. The molecule has 4 N–H and O–H groups in total. The van der Waals surface area contributed by atoms with E-state index in [0.29, 0.717) is 0 Å². The molecule has 7 nitrogen and oxygen atoms in total. The van der Waals surface area contributed by atoms with Gasteiger partial charge in [-0.2, -0.15) is 4.98 Å². The van der Waals surface area contributed by atoms with Crippen LogP contribution in [0.3, 0.4) is 0 Å². The summed E-state index contributed by atoms with van der Waals surface area (Å²) in [6.07, 6.45) is -2.74. The van der Waals surface area contributed by atoms with E-state index in [4.69, 9.17) is 15.6 Å². The average molecular weight is 296 g/mol. The quantitative estimate of drug-likeness (QED) is 0.660. The summed E-state index contributed by atoms with van der Waals surface area (Å²) in [6.45, 7) is 0.551. The zero-order valence-electron chi connectivity index (χ0n) is 10.1. The summed E-state index contributed by atoms with van der Waals surface area (Å²) >= 11 is 0. The molecule has 0 spiro atoms. The minimum Gasteiger partial charge on any atom is -0.394 e. The van der Waals surface area contributed by atoms with Crippen molar-refractivity contribution in [1.29, 1.82) is 0 Å². The molecule has 0 unspecified atom stereocenters. The molecule has 2 heterocycles. The average Bonchev–Trinajstić information content (AvgIpc) is 2.52. The lowest BCUT2D eigenvalue weighted by Gasteiger charge is -2.24. The maximum atomic E-state index is 14.4. The van der Waals surface area contributed by atoms with Crippen molar-refractivity contribution in [1.82, 2.24) is 9.55 Å². The molecule has 4 atom stereocenters. The summed E-state index contributed by atoms with van der Waals surface area (Å²) in [5.41, 5.74) is 2.33. The second-order valence-corrected chi connectivity index (χ2v) is 4.35. The van der Waals surface area contributed by atoms with Gasteiger partial charge in [0, 0.05) is 6.20 Å². The van der Waals surface area contributed by atoms with Crippen molar-refractivity contribution in [3.8, 4) is 0 Å². The first kappa shape index (κ1) is 15.8. The lowest BCUT2D eigenvalue weighted by molar-refractivity contribution is -0.0610. The smallest absolute Gasteiger partial charge is 0.351 e. The van der Waals surface area contributed by atoms with Crippen LogP contribution in [0.25, 0.3) is 0 Å². The van der Waals surface area contributed by atoms with E-state index >= 15 is 0 Å². The molecule has 1 aromatic heterocycles. The first-order chi connectivity index (χ1) is 8.37. The van der Waals surface area contributed by atoms with E-state index in [1.54, 1.807) is 0 Å². The van der Waals surface area contributed by atoms with Crippen LogP contribution in [0.15, 0.2) is 17.1 Å². The van der Waals surface area contributed by atoms with Gasteiger partial charge in [0.1, 0.15) is 18.0 Å². The highest BCUT2D eigenvalue weighted by atomic mass is 35.5. The summed E-state index contributed by atoms with van der Waals surface area (Å²) in [5.74, 6) is 0.00839. The number of nitrogens with two attached hydrogens (primary N) is 1. The van der Waals surface area contributed by atoms with E-state index in [1.807, 2.05) is 0 Å². The van der Waals surface area contributed by atoms with Gasteiger partial charge in [-0.1, -0.05) is 0 Å². The van der Waals surface area contributed by atoms with Gasteiger partial charge in [-0.25, -0.2) is 9.18 Å². The van der Waals surface area contributed by atoms with Crippen molar-refractivity contribution in [2.75, 3.05) is 12.3 Å². The highest BCUT2D eigenvalue weighted by Crippen LogP contribution is 2.40. The van der Waals surface area contributed by atoms with Crippen molar-refractivity contribution in [2.45, 2.75) is 31.0 Å². The van der Waals surface area contributed by atoms with Crippen LogP contribution in [0.1, 0.15) is 13.2 Å². The van der Waals surface area contributed by atoms with Gasteiger partial charge in [0.2, 0.25) is 0 Å². The van der Waals surface area contributed by atoms with Crippen LogP contribution in [-0.2, 0) is 4.74 Å². The molecule has 1 fully saturated rings. The Morgan fingerprint density at radius 3 is 2.79 bits per heavy atom. The third-order valence-electron chi connectivity index (χ3n) is 3.00. The van der Waals surface area contributed by atoms with E-state index in [9.17, 15) is 14.3 Å². The fourth-order valence-corrected chi connectivity index (χ4v) is 1.97. The molecule has 19 heavy (non-hydrogen) atoms. The molecule has 1 aliphatic heterocycles. The van der Waals surface area contributed by atoms with Crippen molar-refractivity contribution in [2.24, 2.45) is 0 Å². The number of hydrogen-bond donors (Lipinski definition) is 3. The second-order valence-electron chi connectivity index (χ2n) is 4.35. The Kier molecular flexibility index (Phi) is 4.51. The van der Waals surface area contributed by atoms with E-state index in [0.717, 1.165) is 11.5 Å². The van der Waals surface area contributed by atoms with Crippen LogP contribution in [0.2, 0.25) is 0 Å². The number of hydrogen-bond acceptors (Lipinski definition) is 6. The predicted octanol–water partition coefficient (Wildman–Crippen LogP) is -0.774. The van der Waals surface area contributed by atoms with Crippen molar-refractivity contribution in [3.05, 3.63) is 22.7 Å². The highest BCUT2D eigenvalue weighted by molar-refractivity contribution is 5.85. The molecule has 1 saturated heterocycles. The summed E-state index contributed by atoms with van der Waals surface area (Å²) in [6, 6.07) is 1.32. The molecular formula is C10H15ClFN3O4. The molecule has 108 valence electrons. The topological polar surface area (TPSA) is 111 Å². The molecule has 2 rings (SSSR count). The fourth-order valence-electron chi connectivity index (χ4n) is 1.97. The molecule has 0 amide bonds. The van der Waals surface area contributed by atoms with Gasteiger partial charge in [-0.15, -0.1) is 12.4 Å². The maximum absolute atomic E-state index is 14.4. The Balaban J connectivity index is 0.00000180. The Labute approximate surface area is 114 Å². The fraction of sp³-hybridized carbons (Fsp3) is 0.600. The Bertz CT molecular complexity index is 510. The number of ether oxygens (including phenoxy) is 1. The lowest BCUT2D eigenvalue weighted by atomic mass is 9.98. The molecule has 0 bridgehead atoms. The largest absolute Gasteiger partial charge is 0.394 e. The van der Waals surface area contributed by atoms with Gasteiger partial charge >= 0.3 is 5.69 Å². The molecule has 0 aliphatic carbocycles. The van der Waals surface area contributed by atoms with Gasteiger partial charge in [-0.3, -0.25) is 4.57 Å². The number of nitrogen functional groups attached to an aromatic ring is 1. The number of aliphatic hydroxyl groups excluding tert-OH is 2. The normalized spacial score (nSPS) is 34.0. The van der Waals surface area contributed by atoms with Crippen LogP contribution in [-0.4, -0.2) is 44.2 Å². The minimum atomic E-state index is -2.21. The third-order valence-corrected chi connectivity index (χ3v) is 3.00. The van der Waals surface area contributed by atoms with E-state index in [1.165, 1.54) is 12.3 Å². The second kappa shape index (κ2) is 5.41. The predicted molar refractivity (Wildman–Crippen MR) is 66.7 cm³/mol. The summed E-state index contributed by atoms with van der Waals surface area (Å²) < 4.78 is 20.4. The number of aromatic nitrogens is 2. The van der Waals surface area contributed by atoms with Crippen LogP contribution < -0.4 is 11.4 Å². The van der Waals surface area contributed by atoms with Crippen molar-refractivity contribution < 1.29 is 19.3 Å². The van der Waals surface area contributed by atoms with E-state index in [-0.39, 0.29) is 18.2 Å². The van der Waals surface area contributed by atoms with Gasteiger partial charge in [-0.05, 0) is 13.0 Å². The minimum absolute atomic E-state index is 0. The molecule has 0 radical (unpaired) electrons. The number of anilines is 1. The Hall–Kier alpha value is -1.22. The number of halogens is 2. The summed E-state index contributed by atoms with van der Waals surface area (Å²) in [4.78, 5) is 15.1. The van der Waals surface area contributed by atoms with Gasteiger partial charge in [0.25, 0.3) is 0 Å². The van der Waals surface area contributed by atoms with Gasteiger partial charge in [0.15, 0.2) is 11.9 Å². The van der Waals surface area contributed by atoms with Crippen molar-refractivity contribution in [3.63, 3.8) is 0 Å². The zero-order chi connectivity index (χ0) is 13.5. The summed E-state index contributed by atoms with van der Waals surface area (Å²) in [5, 5.41) is 18.6. The standard InChI is InChI=1S/C10H14FN3O4.ClH/c1-10(11)7(16)5(4-15)18-8(10)14-3-2-6(12)13-9(14)17;/h2-3,5,7-8,15-16H,4H2,1H3,(H2,12,13,17);1H/t5-,7-,8-,10-;/m1./s1. The zero-order valence-corrected chi connectivity index (χ0v) is 10.9. The summed E-state index contributed by atoms with van der Waals surface area (Å²) in [7, 11) is 0. The SMILES string of the molecule is C[C@@]1(F)[C@H](O)[C@@H](CO)O[C@H]1n1ccc(N)nc1=O.Cl. The first-order valence-corrected chi connectivity index (χ1v) is 5.36. The van der Waals surface area contributed by atoms with Crippen LogP contribution in [0.4, 0.5) is 10.2 Å². The van der Waals surface area contributed by atoms with E-state index in [2.05, 4.69) is 4.98 Å². The molecule has 9 heteroatoms. The maximum Gasteiger partial charge on any atom is 0.351 e. The Morgan fingerprint density at radius 2 is 2.32 bits per heavy atom. The number of rotatable bonds is 2. The van der Waals surface area contributed by atoms with E-state index < -0.39 is 36.4 Å². The molecular weight excluding hydrogens is 281 g/mol. The first-order valence-electron chi connectivity index (χ1n) is 5.36. The number of aliphatic hydroxyl groups is 2. The number of nitrogens with zero attached hydrogens (tertiary/aromatic N) is 2. The third kappa shape index (κ3) is 2.57. The Morgan fingerprint density at radius 1 is 1.68 bits per heavy atom. The molecule has 0 aromatic carbocycles. The molecule has 0 saturated carbocycles. The van der Waals surface area contributed by atoms with Crippen molar-refractivity contribution >= 4 is 18.2 Å². The van der Waals surface area contributed by atoms with Gasteiger partial charge in [0.05, 0.1) is 6.61 Å². The van der Waals surface area contributed by atoms with Crippen LogP contribution >= 0.6 is 12.4 Å². The highest BCUT2D eigenvalue weighted by Gasteiger charge is 2.55. The van der Waals surface area contributed by atoms with Crippen LogP contribution in [0, 0.1) is 0 Å². The number of alkyl halides is 1. The molecule has 1 aromatic rings. The van der Waals surface area contributed by atoms with Gasteiger partial charge < -0.3 is 20.7 Å².